The maximum Gasteiger partial charge on any atom is 0.317 e. The van der Waals surface area contributed by atoms with Gasteiger partial charge in [0.2, 0.25) is 0 Å². The summed E-state index contributed by atoms with van der Waals surface area (Å²) in [6.07, 6.45) is 0.798. The topological polar surface area (TPSA) is 55.1 Å². The molecule has 26 heavy (non-hydrogen) atoms. The van der Waals surface area contributed by atoms with Gasteiger partial charge in [0.25, 0.3) is 0 Å². The molecule has 1 unspecified atom stereocenters. The monoisotopic (exact) mass is 365 g/mol. The average molecular weight is 365 g/mol. The van der Waals surface area contributed by atoms with Crippen LogP contribution in [0.1, 0.15) is 29.3 Å². The van der Waals surface area contributed by atoms with Crippen LogP contribution in [0, 0.1) is 0 Å². The van der Waals surface area contributed by atoms with Gasteiger partial charge >= 0.3 is 11.8 Å². The number of halogens is 4. The fourth-order valence-corrected chi connectivity index (χ4v) is 3.11. The number of alkyl halides is 4. The molecule has 1 fully saturated rings. The van der Waals surface area contributed by atoms with E-state index in [0.29, 0.717) is 24.6 Å². The largest absolute Gasteiger partial charge is 0.317 e. The summed E-state index contributed by atoms with van der Waals surface area (Å²) in [4.78, 5) is 0. The molecule has 2 heterocycles. The molecule has 1 aliphatic carbocycles. The number of rotatable bonds is 5. The van der Waals surface area contributed by atoms with E-state index >= 15 is 0 Å². The van der Waals surface area contributed by atoms with Crippen LogP contribution >= 0.6 is 0 Å². The summed E-state index contributed by atoms with van der Waals surface area (Å²) in [7, 11) is 0. The van der Waals surface area contributed by atoms with Crippen molar-refractivity contribution in [3.63, 3.8) is 0 Å². The summed E-state index contributed by atoms with van der Waals surface area (Å²) < 4.78 is 54.9. The molecule has 0 spiro atoms. The van der Waals surface area contributed by atoms with E-state index in [1.165, 1.54) is 6.07 Å². The van der Waals surface area contributed by atoms with E-state index in [1.54, 1.807) is 41.0 Å². The van der Waals surface area contributed by atoms with Crippen molar-refractivity contribution in [1.29, 1.82) is 0 Å². The normalized spacial score (nSPS) is 20.8. The van der Waals surface area contributed by atoms with Gasteiger partial charge in [-0.2, -0.15) is 27.2 Å². The minimum absolute atomic E-state index is 0.231. The number of benzene rings is 1. The molecule has 3 aromatic rings. The maximum absolute atomic E-state index is 13.6. The summed E-state index contributed by atoms with van der Waals surface area (Å²) in [5, 5.41) is 15.3. The van der Waals surface area contributed by atoms with E-state index in [2.05, 4.69) is 20.6 Å². The minimum Gasteiger partial charge on any atom is -0.306 e. The Morgan fingerprint density at radius 2 is 1.92 bits per heavy atom. The first-order chi connectivity index (χ1) is 12.4. The molecule has 2 aromatic heterocycles. The van der Waals surface area contributed by atoms with Crippen LogP contribution < -0.4 is 5.32 Å². The molecule has 0 saturated heterocycles. The zero-order valence-corrected chi connectivity index (χ0v) is 13.5. The van der Waals surface area contributed by atoms with Crippen molar-refractivity contribution in [3.05, 3.63) is 59.5 Å². The van der Waals surface area contributed by atoms with Gasteiger partial charge in [-0.05, 0) is 23.3 Å². The van der Waals surface area contributed by atoms with Crippen LogP contribution in [-0.4, -0.2) is 31.7 Å². The van der Waals surface area contributed by atoms with Gasteiger partial charge in [0, 0.05) is 19.2 Å². The fourth-order valence-electron chi connectivity index (χ4n) is 3.11. The average Bonchev–Trinajstić information content (AvgIpc) is 3.03. The summed E-state index contributed by atoms with van der Waals surface area (Å²) >= 11 is 0. The standard InChI is InChI=1S/C17H15F4N5/c18-16(19)8-13(17(16,20)21)12-4-1-3-11(7-12)9-22-10-15-25-24-14-5-2-6-23-26(14)15/h1-7,13,22H,8-10H2. The third kappa shape index (κ3) is 2.72. The zero-order chi connectivity index (χ0) is 18.4. The molecule has 1 N–H and O–H groups in total. The summed E-state index contributed by atoms with van der Waals surface area (Å²) in [5.41, 5.74) is 1.59. The Hall–Kier alpha value is -2.55. The minimum atomic E-state index is -3.99. The van der Waals surface area contributed by atoms with Gasteiger partial charge in [0.1, 0.15) is 0 Å². The SMILES string of the molecule is FC1(F)CC(c2cccc(CNCc3nnc4cccnn34)c2)C1(F)F. The Balaban J connectivity index is 1.42. The van der Waals surface area contributed by atoms with Gasteiger partial charge in [-0.3, -0.25) is 0 Å². The van der Waals surface area contributed by atoms with Crippen LogP contribution in [0.15, 0.2) is 42.6 Å². The highest BCUT2D eigenvalue weighted by atomic mass is 19.3. The molecule has 1 saturated carbocycles. The van der Waals surface area contributed by atoms with Crippen molar-refractivity contribution in [2.45, 2.75) is 37.3 Å². The Kier molecular flexibility index (Phi) is 3.91. The predicted molar refractivity (Wildman–Crippen MR) is 85.0 cm³/mol. The van der Waals surface area contributed by atoms with E-state index in [-0.39, 0.29) is 5.56 Å². The number of hydrogen-bond acceptors (Lipinski definition) is 4. The second-order valence-corrected chi connectivity index (χ2v) is 6.34. The number of fused-ring (bicyclic) bond motifs is 1. The van der Waals surface area contributed by atoms with E-state index in [9.17, 15) is 17.6 Å². The first-order valence-electron chi connectivity index (χ1n) is 8.09. The summed E-state index contributed by atoms with van der Waals surface area (Å²) in [6, 6.07) is 9.90. The lowest BCUT2D eigenvalue weighted by Crippen LogP contribution is -2.57. The predicted octanol–water partition coefficient (Wildman–Crippen LogP) is 3.17. The van der Waals surface area contributed by atoms with Gasteiger partial charge in [-0.1, -0.05) is 24.3 Å². The van der Waals surface area contributed by atoms with Gasteiger partial charge in [-0.15, -0.1) is 10.2 Å². The molecule has 0 aliphatic heterocycles. The first kappa shape index (κ1) is 16.9. The molecule has 0 bridgehead atoms. The number of hydrogen-bond donors (Lipinski definition) is 1. The van der Waals surface area contributed by atoms with Crippen molar-refractivity contribution in [2.24, 2.45) is 0 Å². The molecule has 9 heteroatoms. The quantitative estimate of drug-likeness (QED) is 0.706. The molecule has 0 amide bonds. The molecule has 0 radical (unpaired) electrons. The number of nitrogens with one attached hydrogen (secondary N) is 1. The lowest BCUT2D eigenvalue weighted by molar-refractivity contribution is -0.290. The smallest absolute Gasteiger partial charge is 0.306 e. The van der Waals surface area contributed by atoms with E-state index < -0.39 is 24.2 Å². The second kappa shape index (κ2) is 6.01. The van der Waals surface area contributed by atoms with E-state index in [0.717, 1.165) is 5.56 Å². The third-order valence-electron chi connectivity index (χ3n) is 4.59. The van der Waals surface area contributed by atoms with Crippen molar-refractivity contribution in [3.8, 4) is 0 Å². The zero-order valence-electron chi connectivity index (χ0n) is 13.5. The van der Waals surface area contributed by atoms with Crippen LogP contribution in [-0.2, 0) is 13.1 Å². The van der Waals surface area contributed by atoms with Gasteiger partial charge < -0.3 is 5.32 Å². The molecular formula is C17H15F4N5. The molecule has 1 atom stereocenters. The highest BCUT2D eigenvalue weighted by Gasteiger charge is 2.71. The van der Waals surface area contributed by atoms with Crippen LogP contribution in [0.4, 0.5) is 17.6 Å². The van der Waals surface area contributed by atoms with Crippen LogP contribution in [0.5, 0.6) is 0 Å². The summed E-state index contributed by atoms with van der Waals surface area (Å²) in [5.74, 6) is -8.75. The van der Waals surface area contributed by atoms with Gasteiger partial charge in [0.15, 0.2) is 11.5 Å². The van der Waals surface area contributed by atoms with E-state index in [4.69, 9.17) is 0 Å². The molecule has 5 nitrogen and oxygen atoms in total. The molecular weight excluding hydrogens is 350 g/mol. The molecule has 4 rings (SSSR count). The lowest BCUT2D eigenvalue weighted by atomic mass is 9.72. The molecule has 136 valence electrons. The Labute approximate surface area is 146 Å². The Morgan fingerprint density at radius 3 is 2.69 bits per heavy atom. The van der Waals surface area contributed by atoms with Crippen LogP contribution in [0.25, 0.3) is 5.65 Å². The van der Waals surface area contributed by atoms with Gasteiger partial charge in [0.05, 0.1) is 12.5 Å². The number of aromatic nitrogens is 4. The van der Waals surface area contributed by atoms with Crippen molar-refractivity contribution in [2.75, 3.05) is 0 Å². The summed E-state index contributed by atoms with van der Waals surface area (Å²) in [6.45, 7) is 0.754. The lowest BCUT2D eigenvalue weighted by Gasteiger charge is -2.44. The molecule has 1 aliphatic rings. The Bertz CT molecular complexity index is 940. The van der Waals surface area contributed by atoms with Crippen molar-refractivity contribution in [1.82, 2.24) is 25.1 Å². The first-order valence-corrected chi connectivity index (χ1v) is 8.09. The fraction of sp³-hybridized carbons (Fsp3) is 0.353. The van der Waals surface area contributed by atoms with E-state index in [1.807, 2.05) is 0 Å². The molecule has 1 aromatic carbocycles. The van der Waals surface area contributed by atoms with Crippen molar-refractivity contribution < 1.29 is 17.6 Å². The Morgan fingerprint density at radius 1 is 1.08 bits per heavy atom. The second-order valence-electron chi connectivity index (χ2n) is 6.34. The van der Waals surface area contributed by atoms with Crippen LogP contribution in [0.3, 0.4) is 0 Å². The third-order valence-corrected chi connectivity index (χ3v) is 4.59. The highest BCUT2D eigenvalue weighted by molar-refractivity contribution is 5.35. The maximum atomic E-state index is 13.6. The van der Waals surface area contributed by atoms with Crippen molar-refractivity contribution >= 4 is 5.65 Å². The number of nitrogens with zero attached hydrogens (tertiary/aromatic N) is 4. The van der Waals surface area contributed by atoms with Gasteiger partial charge in [-0.25, -0.2) is 0 Å². The highest BCUT2D eigenvalue weighted by Crippen LogP contribution is 2.59. The van der Waals surface area contributed by atoms with Crippen LogP contribution in [0.2, 0.25) is 0 Å².